The van der Waals surface area contributed by atoms with Crippen molar-refractivity contribution in [3.63, 3.8) is 0 Å². The summed E-state index contributed by atoms with van der Waals surface area (Å²) in [7, 11) is 1.51. The van der Waals surface area contributed by atoms with Crippen LogP contribution in [0.2, 0.25) is 0 Å². The van der Waals surface area contributed by atoms with Crippen molar-refractivity contribution in [1.29, 1.82) is 0 Å². The van der Waals surface area contributed by atoms with Gasteiger partial charge in [-0.3, -0.25) is 28.8 Å². The molecule has 0 aliphatic heterocycles. The first kappa shape index (κ1) is 47.2. The second-order valence-electron chi connectivity index (χ2n) is 11.5. The zero-order valence-electron chi connectivity index (χ0n) is 30.3. The Morgan fingerprint density at radius 1 is 0.440 bits per heavy atom. The fourth-order valence-corrected chi connectivity index (χ4v) is 3.93. The second kappa shape index (κ2) is 28.9. The number of ketones is 4. The van der Waals surface area contributed by atoms with Gasteiger partial charge < -0.3 is 58.0 Å². The fourth-order valence-electron chi connectivity index (χ4n) is 3.93. The first-order valence-corrected chi connectivity index (χ1v) is 16.1. The third-order valence-electron chi connectivity index (χ3n) is 5.94. The zero-order chi connectivity index (χ0) is 37.7. The number of ether oxygens (including phenoxy) is 10. The average Bonchev–Trinajstić information content (AvgIpc) is 3.02. The van der Waals surface area contributed by atoms with E-state index in [1.165, 1.54) is 34.8 Å². The highest BCUT2D eigenvalue weighted by molar-refractivity contribution is 5.79. The monoisotopic (exact) mass is 724 g/mol. The molecule has 50 heavy (non-hydrogen) atoms. The van der Waals surface area contributed by atoms with Crippen molar-refractivity contribution >= 4 is 34.9 Å². The summed E-state index contributed by atoms with van der Waals surface area (Å²) in [6, 6.07) is 0. The van der Waals surface area contributed by atoms with E-state index in [-0.39, 0.29) is 122 Å². The Bertz CT molecular complexity index is 891. The van der Waals surface area contributed by atoms with Crippen molar-refractivity contribution in [2.24, 2.45) is 0 Å². The van der Waals surface area contributed by atoms with E-state index in [0.29, 0.717) is 6.61 Å². The lowest BCUT2D eigenvalue weighted by Crippen LogP contribution is -2.59. The summed E-state index contributed by atoms with van der Waals surface area (Å²) < 4.78 is 54.2. The number of Topliss-reactive ketones (excluding diaryl/α,β-unsaturated/α-hetero) is 4. The molecule has 0 bridgehead atoms. The lowest BCUT2D eigenvalue weighted by atomic mass is 10.0. The molecule has 0 fully saturated rings. The maximum Gasteiger partial charge on any atom is 0.246 e. The molecule has 0 aliphatic carbocycles. The number of carbonyl (C=O) groups is 6. The third kappa shape index (κ3) is 26.1. The predicted molar refractivity (Wildman–Crippen MR) is 175 cm³/mol. The molecule has 0 atom stereocenters. The van der Waals surface area contributed by atoms with E-state index < -0.39 is 36.1 Å². The molecule has 0 aliphatic rings. The van der Waals surface area contributed by atoms with Gasteiger partial charge in [-0.1, -0.05) is 0 Å². The van der Waals surface area contributed by atoms with Gasteiger partial charge >= 0.3 is 0 Å². The van der Waals surface area contributed by atoms with E-state index in [9.17, 15) is 28.8 Å². The van der Waals surface area contributed by atoms with Gasteiger partial charge in [0, 0.05) is 13.7 Å². The van der Waals surface area contributed by atoms with E-state index in [0.717, 1.165) is 0 Å². The molecule has 0 aromatic carbocycles. The van der Waals surface area contributed by atoms with Gasteiger partial charge in [0.05, 0.1) is 66.1 Å². The van der Waals surface area contributed by atoms with Crippen LogP contribution in [0.4, 0.5) is 0 Å². The van der Waals surface area contributed by atoms with E-state index >= 15 is 0 Å². The summed E-state index contributed by atoms with van der Waals surface area (Å²) in [4.78, 5) is 71.5. The molecule has 0 radical (unpaired) electrons. The summed E-state index contributed by atoms with van der Waals surface area (Å²) in [6.07, 6.45) is 0. The first-order valence-electron chi connectivity index (χ1n) is 16.1. The molecule has 18 heteroatoms. The molecule has 18 nitrogen and oxygen atoms in total. The van der Waals surface area contributed by atoms with Crippen LogP contribution in [0.15, 0.2) is 0 Å². The molecule has 2 N–H and O–H groups in total. The van der Waals surface area contributed by atoms with Crippen LogP contribution in [0.3, 0.4) is 0 Å². The smallest absolute Gasteiger partial charge is 0.246 e. The quantitative estimate of drug-likeness (QED) is 0.0581. The summed E-state index contributed by atoms with van der Waals surface area (Å²) in [5.74, 6) is -2.05. The molecule has 0 aromatic rings. The molecule has 290 valence electrons. The Morgan fingerprint density at radius 2 is 0.780 bits per heavy atom. The topological polar surface area (TPSA) is 219 Å². The van der Waals surface area contributed by atoms with Gasteiger partial charge in [0.1, 0.15) is 57.5 Å². The number of amides is 2. The van der Waals surface area contributed by atoms with Crippen LogP contribution in [0, 0.1) is 0 Å². The maximum absolute atomic E-state index is 12.9. The Labute approximate surface area is 293 Å². The van der Waals surface area contributed by atoms with Gasteiger partial charge in [-0.05, 0) is 34.6 Å². The van der Waals surface area contributed by atoms with E-state index in [1.807, 2.05) is 0 Å². The third-order valence-corrected chi connectivity index (χ3v) is 5.94. The molecule has 0 spiro atoms. The number of hydrogen-bond acceptors (Lipinski definition) is 16. The number of methoxy groups -OCH3 is 1. The summed E-state index contributed by atoms with van der Waals surface area (Å²) in [5, 5.41) is 5.52. The van der Waals surface area contributed by atoms with Crippen LogP contribution >= 0.6 is 0 Å². The largest absolute Gasteiger partial charge is 0.382 e. The van der Waals surface area contributed by atoms with Crippen molar-refractivity contribution in [3.05, 3.63) is 0 Å². The van der Waals surface area contributed by atoms with Crippen molar-refractivity contribution in [2.45, 2.75) is 45.7 Å². The fraction of sp³-hybridized carbons (Fsp3) is 0.812. The number of carbonyl (C=O) groups excluding carboxylic acids is 6. The number of rotatable bonds is 35. The molecular weight excluding hydrogens is 668 g/mol. The molecule has 0 aromatic heterocycles. The van der Waals surface area contributed by atoms with E-state index in [1.54, 1.807) is 6.92 Å². The lowest BCUT2D eigenvalue weighted by Gasteiger charge is -2.34. The van der Waals surface area contributed by atoms with Crippen LogP contribution in [0.1, 0.15) is 34.6 Å². The van der Waals surface area contributed by atoms with Gasteiger partial charge in [-0.15, -0.1) is 0 Å². The molecule has 0 saturated carbocycles. The average molecular weight is 725 g/mol. The van der Waals surface area contributed by atoms with E-state index in [2.05, 4.69) is 10.6 Å². The predicted octanol–water partition coefficient (Wildman–Crippen LogP) is -1.17. The van der Waals surface area contributed by atoms with Crippen molar-refractivity contribution in [2.75, 3.05) is 126 Å². The summed E-state index contributed by atoms with van der Waals surface area (Å²) in [5.41, 5.74) is -2.53. The minimum absolute atomic E-state index is 0.0637. The molecule has 2 amide bonds. The normalized spacial score (nSPS) is 11.7. The SMILES string of the molecule is CCOCOCC(COCC(C)=O)(COCC(C)=O)NC(=O)COCCOCC(=O)NC(COCCOC)(COCC(C)=O)COCC(C)=O. The minimum atomic E-state index is -1.28. The standard InChI is InChI=1S/C32H56N2O16/c1-7-42-24-50-23-32(21-48-14-27(4)37,22-49-15-28(5)38)34-30(40)17-44-11-10-43-16-29(39)33-31(18-45-9-8-41-6,19-46-12-25(2)35)20-47-13-26(3)36/h7-24H2,1-6H3,(H,33,39)(H,34,40). The van der Waals surface area contributed by atoms with Gasteiger partial charge in [0.25, 0.3) is 0 Å². The molecular formula is C32H56N2O16. The minimum Gasteiger partial charge on any atom is -0.382 e. The van der Waals surface area contributed by atoms with Crippen molar-refractivity contribution in [1.82, 2.24) is 10.6 Å². The second-order valence-corrected chi connectivity index (χ2v) is 11.5. The Morgan fingerprint density at radius 3 is 1.12 bits per heavy atom. The lowest BCUT2D eigenvalue weighted by molar-refractivity contribution is -0.140. The van der Waals surface area contributed by atoms with Gasteiger partial charge in [-0.2, -0.15) is 0 Å². The van der Waals surface area contributed by atoms with Crippen LogP contribution in [-0.2, 0) is 76.1 Å². The van der Waals surface area contributed by atoms with Gasteiger partial charge in [0.15, 0.2) is 23.1 Å². The van der Waals surface area contributed by atoms with Crippen LogP contribution < -0.4 is 10.6 Å². The highest BCUT2D eigenvalue weighted by Crippen LogP contribution is 2.11. The van der Waals surface area contributed by atoms with E-state index in [4.69, 9.17) is 47.4 Å². The molecule has 0 rings (SSSR count). The maximum atomic E-state index is 12.9. The molecule has 0 saturated heterocycles. The van der Waals surface area contributed by atoms with Crippen LogP contribution in [0.25, 0.3) is 0 Å². The van der Waals surface area contributed by atoms with Gasteiger partial charge in [-0.25, -0.2) is 0 Å². The highest BCUT2D eigenvalue weighted by atomic mass is 16.7. The Balaban J connectivity index is 5.20. The van der Waals surface area contributed by atoms with Gasteiger partial charge in [0.2, 0.25) is 11.8 Å². The van der Waals surface area contributed by atoms with Crippen molar-refractivity contribution < 1.29 is 76.1 Å². The summed E-state index contributed by atoms with van der Waals surface area (Å²) in [6.45, 7) is 5.38. The van der Waals surface area contributed by atoms with Crippen LogP contribution in [-0.4, -0.2) is 172 Å². The molecule has 0 unspecified atom stereocenters. The molecule has 0 heterocycles. The number of hydrogen-bond donors (Lipinski definition) is 2. The zero-order valence-corrected chi connectivity index (χ0v) is 30.3. The highest BCUT2D eigenvalue weighted by Gasteiger charge is 2.35. The first-order chi connectivity index (χ1) is 23.8. The van der Waals surface area contributed by atoms with Crippen LogP contribution in [0.5, 0.6) is 0 Å². The Hall–Kier alpha value is -2.78. The summed E-state index contributed by atoms with van der Waals surface area (Å²) >= 11 is 0. The number of nitrogens with one attached hydrogen (secondary N) is 2. The van der Waals surface area contributed by atoms with Crippen molar-refractivity contribution in [3.8, 4) is 0 Å². The Kier molecular flexibility index (Phi) is 27.3.